The van der Waals surface area contributed by atoms with Gasteiger partial charge < -0.3 is 14.5 Å². The van der Waals surface area contributed by atoms with Gasteiger partial charge in [0, 0.05) is 38.6 Å². The molecule has 0 spiro atoms. The molecular weight excluding hydrogens is 290 g/mol. The summed E-state index contributed by atoms with van der Waals surface area (Å²) in [7, 11) is 0. The van der Waals surface area contributed by atoms with E-state index in [1.165, 1.54) is 0 Å². The molecule has 1 aliphatic rings. The summed E-state index contributed by atoms with van der Waals surface area (Å²) in [5, 5.41) is 0.647. The maximum absolute atomic E-state index is 12.0. The van der Waals surface area contributed by atoms with E-state index in [4.69, 9.17) is 16.3 Å². The molecular formula is C15H22ClN3O2. The van der Waals surface area contributed by atoms with Crippen molar-refractivity contribution >= 4 is 23.4 Å². The van der Waals surface area contributed by atoms with E-state index in [1.807, 2.05) is 19.9 Å². The Kier molecular flexibility index (Phi) is 5.67. The largest absolute Gasteiger partial charge is 0.449 e. The van der Waals surface area contributed by atoms with Gasteiger partial charge in [0.1, 0.15) is 0 Å². The molecule has 2 rings (SSSR count). The van der Waals surface area contributed by atoms with Crippen molar-refractivity contribution in [2.45, 2.75) is 20.3 Å². The van der Waals surface area contributed by atoms with Crippen LogP contribution in [0, 0.1) is 5.92 Å². The SMILES string of the molecule is CC(C)COC(=O)N1CCCN(c2ccncc2Cl)CC1. The molecule has 1 amide bonds. The predicted molar refractivity (Wildman–Crippen MR) is 83.8 cm³/mol. The van der Waals surface area contributed by atoms with Crippen LogP contribution in [0.4, 0.5) is 10.5 Å². The number of carbonyl (C=O) groups excluding carboxylic acids is 1. The molecule has 0 saturated carbocycles. The lowest BCUT2D eigenvalue weighted by atomic mass is 10.2. The minimum Gasteiger partial charge on any atom is -0.449 e. The first-order chi connectivity index (χ1) is 10.1. The third kappa shape index (κ3) is 4.49. The van der Waals surface area contributed by atoms with Crippen LogP contribution < -0.4 is 4.90 Å². The van der Waals surface area contributed by atoms with Gasteiger partial charge in [0.25, 0.3) is 0 Å². The van der Waals surface area contributed by atoms with Crippen LogP contribution in [0.25, 0.3) is 0 Å². The highest BCUT2D eigenvalue weighted by Crippen LogP contribution is 2.25. The van der Waals surface area contributed by atoms with E-state index in [9.17, 15) is 4.79 Å². The Morgan fingerprint density at radius 2 is 2.19 bits per heavy atom. The zero-order valence-electron chi connectivity index (χ0n) is 12.6. The fraction of sp³-hybridized carbons (Fsp3) is 0.600. The van der Waals surface area contributed by atoms with E-state index < -0.39 is 0 Å². The highest BCUT2D eigenvalue weighted by Gasteiger charge is 2.21. The molecule has 116 valence electrons. The number of carbonyl (C=O) groups is 1. The summed E-state index contributed by atoms with van der Waals surface area (Å²) < 4.78 is 5.30. The Hall–Kier alpha value is -1.49. The standard InChI is InChI=1S/C15H22ClN3O2/c1-12(2)11-21-15(20)19-7-3-6-18(8-9-19)14-4-5-17-10-13(14)16/h4-5,10,12H,3,6-9,11H2,1-2H3. The molecule has 0 N–H and O–H groups in total. The predicted octanol–water partition coefficient (Wildman–Crippen LogP) is 3.04. The highest BCUT2D eigenvalue weighted by atomic mass is 35.5. The highest BCUT2D eigenvalue weighted by molar-refractivity contribution is 6.33. The molecule has 1 saturated heterocycles. The minimum atomic E-state index is -0.216. The van der Waals surface area contributed by atoms with E-state index >= 15 is 0 Å². The summed E-state index contributed by atoms with van der Waals surface area (Å²) in [5.74, 6) is 0.355. The molecule has 1 aromatic heterocycles. The second-order valence-corrected chi connectivity index (χ2v) is 6.03. The molecule has 0 atom stereocenters. The average molecular weight is 312 g/mol. The van der Waals surface area contributed by atoms with Crippen LogP contribution in [0.3, 0.4) is 0 Å². The number of pyridine rings is 1. The fourth-order valence-corrected chi connectivity index (χ4v) is 2.53. The number of amides is 1. The smallest absolute Gasteiger partial charge is 0.409 e. The number of hydrogen-bond acceptors (Lipinski definition) is 4. The third-order valence-corrected chi connectivity index (χ3v) is 3.68. The van der Waals surface area contributed by atoms with Gasteiger partial charge in [0.15, 0.2) is 0 Å². The van der Waals surface area contributed by atoms with Gasteiger partial charge in [-0.25, -0.2) is 4.79 Å². The Bertz CT molecular complexity index is 482. The molecule has 1 aliphatic heterocycles. The normalized spacial score (nSPS) is 16.0. The van der Waals surface area contributed by atoms with Crippen molar-refractivity contribution in [3.63, 3.8) is 0 Å². The number of anilines is 1. The monoisotopic (exact) mass is 311 g/mol. The van der Waals surface area contributed by atoms with Gasteiger partial charge in [-0.3, -0.25) is 4.98 Å². The van der Waals surface area contributed by atoms with Gasteiger partial charge in [-0.1, -0.05) is 25.4 Å². The minimum absolute atomic E-state index is 0.216. The lowest BCUT2D eigenvalue weighted by Crippen LogP contribution is -2.36. The molecule has 0 unspecified atom stereocenters. The van der Waals surface area contributed by atoms with Crippen LogP contribution in [0.2, 0.25) is 5.02 Å². The van der Waals surface area contributed by atoms with Crippen molar-refractivity contribution in [3.05, 3.63) is 23.5 Å². The fourth-order valence-electron chi connectivity index (χ4n) is 2.29. The van der Waals surface area contributed by atoms with E-state index in [-0.39, 0.29) is 6.09 Å². The number of hydrogen-bond donors (Lipinski definition) is 0. The number of nitrogens with zero attached hydrogens (tertiary/aromatic N) is 3. The van der Waals surface area contributed by atoms with E-state index in [2.05, 4.69) is 9.88 Å². The van der Waals surface area contributed by atoms with Crippen molar-refractivity contribution in [1.29, 1.82) is 0 Å². The summed E-state index contributed by atoms with van der Waals surface area (Å²) in [6.45, 7) is 7.52. The summed E-state index contributed by atoms with van der Waals surface area (Å²) in [6.07, 6.45) is 4.07. The van der Waals surface area contributed by atoms with Gasteiger partial charge in [0.05, 0.1) is 17.3 Å². The first-order valence-corrected chi connectivity index (χ1v) is 7.72. The molecule has 0 aliphatic carbocycles. The number of rotatable bonds is 3. The van der Waals surface area contributed by atoms with Crippen LogP contribution >= 0.6 is 11.6 Å². The van der Waals surface area contributed by atoms with Crippen molar-refractivity contribution in [2.75, 3.05) is 37.7 Å². The van der Waals surface area contributed by atoms with Gasteiger partial charge in [-0.2, -0.15) is 0 Å². The molecule has 2 heterocycles. The topological polar surface area (TPSA) is 45.7 Å². The van der Waals surface area contributed by atoms with Crippen molar-refractivity contribution in [3.8, 4) is 0 Å². The second kappa shape index (κ2) is 7.50. The molecule has 6 heteroatoms. The lowest BCUT2D eigenvalue weighted by molar-refractivity contribution is 0.0943. The van der Waals surface area contributed by atoms with Crippen LogP contribution in [-0.2, 0) is 4.74 Å². The molecule has 1 aromatic rings. The van der Waals surface area contributed by atoms with Gasteiger partial charge in [-0.15, -0.1) is 0 Å². The van der Waals surface area contributed by atoms with Crippen LogP contribution in [-0.4, -0.2) is 48.8 Å². The summed E-state index contributed by atoms with van der Waals surface area (Å²) in [6, 6.07) is 1.91. The van der Waals surface area contributed by atoms with E-state index in [1.54, 1.807) is 17.3 Å². The maximum atomic E-state index is 12.0. The quantitative estimate of drug-likeness (QED) is 0.860. The lowest BCUT2D eigenvalue weighted by Gasteiger charge is -2.24. The first kappa shape index (κ1) is 15.9. The second-order valence-electron chi connectivity index (χ2n) is 5.63. The molecule has 5 nitrogen and oxygen atoms in total. The molecule has 0 bridgehead atoms. The van der Waals surface area contributed by atoms with Gasteiger partial charge in [-0.05, 0) is 18.4 Å². The number of ether oxygens (including phenoxy) is 1. The van der Waals surface area contributed by atoms with Crippen LogP contribution in [0.15, 0.2) is 18.5 Å². The van der Waals surface area contributed by atoms with E-state index in [0.717, 1.165) is 31.7 Å². The Labute approximate surface area is 130 Å². The zero-order valence-corrected chi connectivity index (χ0v) is 13.3. The molecule has 0 radical (unpaired) electrons. The average Bonchev–Trinajstić information content (AvgIpc) is 2.71. The molecule has 1 fully saturated rings. The molecule has 21 heavy (non-hydrogen) atoms. The van der Waals surface area contributed by atoms with Crippen molar-refractivity contribution in [1.82, 2.24) is 9.88 Å². The zero-order chi connectivity index (χ0) is 15.2. The van der Waals surface area contributed by atoms with Crippen molar-refractivity contribution < 1.29 is 9.53 Å². The summed E-state index contributed by atoms with van der Waals surface area (Å²) in [5.41, 5.74) is 0.976. The Morgan fingerprint density at radius 3 is 2.90 bits per heavy atom. The van der Waals surface area contributed by atoms with Crippen LogP contribution in [0.1, 0.15) is 20.3 Å². The number of halogens is 1. The third-order valence-electron chi connectivity index (χ3n) is 3.39. The van der Waals surface area contributed by atoms with E-state index in [0.29, 0.717) is 24.1 Å². The number of aromatic nitrogens is 1. The van der Waals surface area contributed by atoms with Gasteiger partial charge >= 0.3 is 6.09 Å². The molecule has 0 aromatic carbocycles. The first-order valence-electron chi connectivity index (χ1n) is 7.34. The maximum Gasteiger partial charge on any atom is 0.409 e. The Balaban J connectivity index is 1.93. The van der Waals surface area contributed by atoms with Gasteiger partial charge in [0.2, 0.25) is 0 Å². The summed E-state index contributed by atoms with van der Waals surface area (Å²) >= 11 is 6.18. The summed E-state index contributed by atoms with van der Waals surface area (Å²) in [4.78, 5) is 20.0. The Morgan fingerprint density at radius 1 is 1.38 bits per heavy atom. The van der Waals surface area contributed by atoms with Crippen molar-refractivity contribution in [2.24, 2.45) is 5.92 Å². The van der Waals surface area contributed by atoms with Crippen LogP contribution in [0.5, 0.6) is 0 Å².